The fourth-order valence-corrected chi connectivity index (χ4v) is 5.94. The minimum absolute atomic E-state index is 0.107. The summed E-state index contributed by atoms with van der Waals surface area (Å²) in [7, 11) is 0. The van der Waals surface area contributed by atoms with Gasteiger partial charge in [0, 0.05) is 49.9 Å². The minimum Gasteiger partial charge on any atom is -0.458 e. The van der Waals surface area contributed by atoms with E-state index in [0.29, 0.717) is 61.0 Å². The van der Waals surface area contributed by atoms with Crippen molar-refractivity contribution in [1.29, 1.82) is 0 Å². The van der Waals surface area contributed by atoms with Gasteiger partial charge in [-0.05, 0) is 64.8 Å². The summed E-state index contributed by atoms with van der Waals surface area (Å²) in [5, 5.41) is 3.01. The predicted octanol–water partition coefficient (Wildman–Crippen LogP) is 6.69. The second kappa shape index (κ2) is 14.7. The Hall–Kier alpha value is -4.60. The van der Waals surface area contributed by atoms with Gasteiger partial charge in [0.1, 0.15) is 12.2 Å². The molecule has 10 nitrogen and oxygen atoms in total. The fraction of sp³-hybridized carbons (Fsp3) is 0.444. The van der Waals surface area contributed by atoms with Gasteiger partial charge in [0.2, 0.25) is 0 Å². The van der Waals surface area contributed by atoms with Gasteiger partial charge in [-0.3, -0.25) is 0 Å². The van der Waals surface area contributed by atoms with Gasteiger partial charge in [-0.15, -0.1) is 0 Å². The first-order valence-electron chi connectivity index (χ1n) is 15.6. The largest absolute Gasteiger partial charge is 0.458 e. The SMILES string of the molecule is C=C1CC(OC(=O)c2ccccc2)CC(C)(C)N1OC(=O)CCCCC(=O)ON1C(=C)CC(OC(=O)c2ccccc2)CC1(C)C. The smallest absolute Gasteiger partial charge is 0.338 e. The van der Waals surface area contributed by atoms with Gasteiger partial charge in [0.25, 0.3) is 0 Å². The molecule has 2 atom stereocenters. The zero-order valence-electron chi connectivity index (χ0n) is 27.2. The highest BCUT2D eigenvalue weighted by atomic mass is 16.7. The van der Waals surface area contributed by atoms with E-state index in [4.69, 9.17) is 19.1 Å². The van der Waals surface area contributed by atoms with Crippen molar-refractivity contribution in [2.75, 3.05) is 0 Å². The third-order valence-corrected chi connectivity index (χ3v) is 8.02. The molecule has 0 bridgehead atoms. The Labute approximate surface area is 270 Å². The van der Waals surface area contributed by atoms with Crippen molar-refractivity contribution >= 4 is 23.9 Å². The summed E-state index contributed by atoms with van der Waals surface area (Å²) in [5.41, 5.74) is 0.756. The first-order valence-corrected chi connectivity index (χ1v) is 15.6. The Morgan fingerprint density at radius 3 is 1.33 bits per heavy atom. The normalized spacial score (nSPS) is 20.4. The van der Waals surface area contributed by atoms with Crippen LogP contribution in [0.15, 0.2) is 85.2 Å². The van der Waals surface area contributed by atoms with E-state index < -0.39 is 47.2 Å². The number of hydrogen-bond acceptors (Lipinski definition) is 10. The fourth-order valence-electron chi connectivity index (χ4n) is 5.94. The van der Waals surface area contributed by atoms with E-state index in [1.54, 1.807) is 48.5 Å². The number of unbranched alkanes of at least 4 members (excludes halogenated alkanes) is 1. The van der Waals surface area contributed by atoms with Crippen LogP contribution in [0.1, 0.15) is 99.8 Å². The van der Waals surface area contributed by atoms with Gasteiger partial charge in [-0.25, -0.2) is 29.3 Å². The third-order valence-electron chi connectivity index (χ3n) is 8.02. The summed E-state index contributed by atoms with van der Waals surface area (Å²) in [4.78, 5) is 61.8. The Morgan fingerprint density at radius 2 is 1.00 bits per heavy atom. The number of hydrogen-bond donors (Lipinski definition) is 0. The van der Waals surface area contributed by atoms with Crippen LogP contribution in [0.25, 0.3) is 0 Å². The number of esters is 2. The predicted molar refractivity (Wildman–Crippen MR) is 171 cm³/mol. The maximum absolute atomic E-state index is 12.7. The molecule has 46 heavy (non-hydrogen) atoms. The van der Waals surface area contributed by atoms with E-state index in [0.717, 1.165) is 0 Å². The topological polar surface area (TPSA) is 112 Å². The Morgan fingerprint density at radius 1 is 0.652 bits per heavy atom. The summed E-state index contributed by atoms with van der Waals surface area (Å²) in [6.45, 7) is 15.7. The lowest BCUT2D eigenvalue weighted by Gasteiger charge is -2.45. The number of carbonyl (C=O) groups excluding carboxylic acids is 4. The molecule has 2 aromatic rings. The summed E-state index contributed by atoms with van der Waals surface area (Å²) in [6, 6.07) is 17.6. The van der Waals surface area contributed by atoms with Crippen LogP contribution in [-0.2, 0) is 28.7 Å². The van der Waals surface area contributed by atoms with Crippen LogP contribution in [0.4, 0.5) is 0 Å². The van der Waals surface area contributed by atoms with Crippen LogP contribution in [0.3, 0.4) is 0 Å². The van der Waals surface area contributed by atoms with E-state index in [9.17, 15) is 19.2 Å². The molecule has 0 saturated carbocycles. The monoisotopic (exact) mass is 632 g/mol. The zero-order chi connectivity index (χ0) is 33.5. The van der Waals surface area contributed by atoms with E-state index in [1.807, 2.05) is 39.8 Å². The van der Waals surface area contributed by atoms with E-state index >= 15 is 0 Å². The molecule has 10 heteroatoms. The van der Waals surface area contributed by atoms with Crippen LogP contribution in [0.2, 0.25) is 0 Å². The first-order chi connectivity index (χ1) is 21.7. The molecular formula is C36H44N2O8. The van der Waals surface area contributed by atoms with Crippen LogP contribution in [0.5, 0.6) is 0 Å². The zero-order valence-corrected chi connectivity index (χ0v) is 27.2. The average molecular weight is 633 g/mol. The summed E-state index contributed by atoms with van der Waals surface area (Å²) >= 11 is 0. The van der Waals surface area contributed by atoms with Crippen molar-refractivity contribution < 1.29 is 38.3 Å². The van der Waals surface area contributed by atoms with Crippen LogP contribution in [-0.4, -0.2) is 57.3 Å². The van der Waals surface area contributed by atoms with Crippen molar-refractivity contribution in [1.82, 2.24) is 10.1 Å². The molecule has 2 unspecified atom stereocenters. The molecule has 2 aromatic carbocycles. The number of hydroxylamine groups is 4. The summed E-state index contributed by atoms with van der Waals surface area (Å²) in [6.07, 6.45) is 1.87. The summed E-state index contributed by atoms with van der Waals surface area (Å²) in [5.74, 6) is -1.69. The minimum atomic E-state index is -0.640. The van der Waals surface area contributed by atoms with Gasteiger partial charge in [0.05, 0.1) is 22.2 Å². The number of ether oxygens (including phenoxy) is 2. The quantitative estimate of drug-likeness (QED) is 0.196. The van der Waals surface area contributed by atoms with Gasteiger partial charge in [0.15, 0.2) is 0 Å². The summed E-state index contributed by atoms with van der Waals surface area (Å²) < 4.78 is 11.4. The molecule has 246 valence electrons. The van der Waals surface area contributed by atoms with Crippen LogP contribution in [0, 0.1) is 0 Å². The van der Waals surface area contributed by atoms with Crippen molar-refractivity contribution in [3.05, 3.63) is 96.3 Å². The van der Waals surface area contributed by atoms with Gasteiger partial charge in [-0.1, -0.05) is 49.6 Å². The average Bonchev–Trinajstić information content (AvgIpc) is 2.99. The van der Waals surface area contributed by atoms with Crippen molar-refractivity contribution in [3.8, 4) is 0 Å². The molecule has 0 aliphatic carbocycles. The molecule has 0 spiro atoms. The van der Waals surface area contributed by atoms with E-state index in [2.05, 4.69) is 13.2 Å². The van der Waals surface area contributed by atoms with Crippen LogP contribution >= 0.6 is 0 Å². The molecule has 2 aliphatic rings. The molecule has 0 aromatic heterocycles. The number of benzene rings is 2. The molecular weight excluding hydrogens is 588 g/mol. The first kappa shape index (κ1) is 34.3. The molecule has 2 aliphatic heterocycles. The van der Waals surface area contributed by atoms with E-state index in [-0.39, 0.29) is 12.8 Å². The molecule has 2 heterocycles. The molecule has 0 amide bonds. The van der Waals surface area contributed by atoms with Crippen molar-refractivity contribution in [2.45, 2.75) is 102 Å². The highest BCUT2D eigenvalue weighted by Crippen LogP contribution is 2.37. The molecule has 0 radical (unpaired) electrons. The lowest BCUT2D eigenvalue weighted by atomic mass is 9.89. The van der Waals surface area contributed by atoms with Crippen LogP contribution < -0.4 is 0 Å². The third kappa shape index (κ3) is 8.99. The lowest BCUT2D eigenvalue weighted by molar-refractivity contribution is -0.217. The Balaban J connectivity index is 1.17. The molecule has 4 rings (SSSR count). The molecule has 2 saturated heterocycles. The molecule has 0 N–H and O–H groups in total. The van der Waals surface area contributed by atoms with E-state index in [1.165, 1.54) is 10.1 Å². The Bertz CT molecular complexity index is 1330. The van der Waals surface area contributed by atoms with Crippen molar-refractivity contribution in [2.24, 2.45) is 0 Å². The maximum atomic E-state index is 12.7. The van der Waals surface area contributed by atoms with Gasteiger partial charge < -0.3 is 19.1 Å². The number of rotatable bonds is 11. The highest BCUT2D eigenvalue weighted by Gasteiger charge is 2.42. The van der Waals surface area contributed by atoms with Gasteiger partial charge >= 0.3 is 23.9 Å². The number of nitrogens with zero attached hydrogens (tertiary/aromatic N) is 2. The highest BCUT2D eigenvalue weighted by molar-refractivity contribution is 5.90. The van der Waals surface area contributed by atoms with Crippen molar-refractivity contribution in [3.63, 3.8) is 0 Å². The Kier molecular flexibility index (Phi) is 10.9. The number of piperidine rings is 2. The van der Waals surface area contributed by atoms with Gasteiger partial charge in [-0.2, -0.15) is 0 Å². The molecule has 2 fully saturated rings. The maximum Gasteiger partial charge on any atom is 0.338 e. The standard InChI is InChI=1S/C36H44N2O8/c1-25-21-29(43-33(41)27-15-9-7-10-16-27)23-35(3,4)37(25)45-31(39)19-13-14-20-32(40)46-38-26(2)22-30(24-36(38,5)6)44-34(42)28-17-11-8-12-18-28/h7-12,15-18,29-30H,1-2,13-14,19-24H2,3-6H3. The lowest BCUT2D eigenvalue weighted by Crippen LogP contribution is -2.51. The number of carbonyl (C=O) groups is 4. The second-order valence-corrected chi connectivity index (χ2v) is 13.1. The second-order valence-electron chi connectivity index (χ2n) is 13.1.